The zero-order chi connectivity index (χ0) is 14.1. The number of hydrogen-bond acceptors (Lipinski definition) is 4. The maximum Gasteiger partial charge on any atom is 0.327 e. The van der Waals surface area contributed by atoms with E-state index < -0.39 is 12.1 Å². The van der Waals surface area contributed by atoms with Gasteiger partial charge >= 0.3 is 8.69 Å². The van der Waals surface area contributed by atoms with Crippen molar-refractivity contribution in [3.63, 3.8) is 0 Å². The van der Waals surface area contributed by atoms with E-state index in [0.29, 0.717) is 18.1 Å². The molecule has 0 aliphatic carbocycles. The molecule has 0 spiro atoms. The number of rotatable bonds is 9. The van der Waals surface area contributed by atoms with E-state index in [1.807, 2.05) is 12.1 Å². The predicted molar refractivity (Wildman–Crippen MR) is 76.4 cm³/mol. The molecule has 0 fully saturated rings. The summed E-state index contributed by atoms with van der Waals surface area (Å²) < 4.78 is 14.7. The van der Waals surface area contributed by atoms with Crippen LogP contribution in [0.5, 0.6) is 0 Å². The lowest BCUT2D eigenvalue weighted by Gasteiger charge is -2.19. The monoisotopic (exact) mass is 303 g/mol. The Hall–Kier alpha value is -0.510. The zero-order valence-electron chi connectivity index (χ0n) is 10.7. The van der Waals surface area contributed by atoms with E-state index in [9.17, 15) is 9.67 Å². The summed E-state index contributed by atoms with van der Waals surface area (Å²) in [5.41, 5.74) is 6.87. The number of unbranched alkanes of at least 4 members (excludes halogenated alkanes) is 2. The van der Waals surface area contributed by atoms with E-state index in [1.54, 1.807) is 12.1 Å². The van der Waals surface area contributed by atoms with Crippen LogP contribution < -0.4 is 5.73 Å². The van der Waals surface area contributed by atoms with Crippen LogP contribution in [0.15, 0.2) is 24.3 Å². The van der Waals surface area contributed by atoms with Crippen LogP contribution >= 0.6 is 20.3 Å². The first-order valence-electron chi connectivity index (χ1n) is 6.29. The third kappa shape index (κ3) is 6.46. The van der Waals surface area contributed by atoms with Gasteiger partial charge in [0.15, 0.2) is 0 Å². The Balaban J connectivity index is 2.26. The lowest BCUT2D eigenvalue weighted by Crippen LogP contribution is -2.26. The van der Waals surface area contributed by atoms with Crippen molar-refractivity contribution in [2.45, 2.75) is 37.8 Å². The van der Waals surface area contributed by atoms with Gasteiger partial charge in [-0.1, -0.05) is 36.6 Å². The maximum atomic E-state index is 10.0. The fourth-order valence-electron chi connectivity index (χ4n) is 1.82. The average Bonchev–Trinajstić information content (AvgIpc) is 2.42. The van der Waals surface area contributed by atoms with Crippen molar-refractivity contribution >= 4 is 20.3 Å². The van der Waals surface area contributed by atoms with Gasteiger partial charge < -0.3 is 10.8 Å². The summed E-state index contributed by atoms with van der Waals surface area (Å²) in [6, 6.07) is 6.80. The van der Waals surface area contributed by atoms with Gasteiger partial charge in [0.2, 0.25) is 0 Å². The van der Waals surface area contributed by atoms with Crippen molar-refractivity contribution in [2.75, 3.05) is 6.61 Å². The molecule has 0 aromatic heterocycles. The molecule has 3 N–H and O–H groups in total. The summed E-state index contributed by atoms with van der Waals surface area (Å²) in [6.07, 6.45) is 2.68. The number of hydrogen-bond donors (Lipinski definition) is 2. The number of benzene rings is 1. The Morgan fingerprint density at radius 3 is 2.58 bits per heavy atom. The molecule has 0 heterocycles. The normalized spacial score (nSPS) is 14.5. The summed E-state index contributed by atoms with van der Waals surface area (Å²) >= 11 is 5.80. The second-order valence-electron chi connectivity index (χ2n) is 4.40. The number of aliphatic hydroxyl groups is 1. The molecule has 1 aromatic rings. The second kappa shape index (κ2) is 9.40. The molecule has 1 aromatic carbocycles. The van der Waals surface area contributed by atoms with E-state index in [2.05, 4.69) is 4.52 Å². The molecule has 2 atom stereocenters. The number of halogens is 1. The highest BCUT2D eigenvalue weighted by atomic mass is 35.5. The first kappa shape index (κ1) is 16.5. The van der Waals surface area contributed by atoms with Gasteiger partial charge in [-0.05, 0) is 30.5 Å². The summed E-state index contributed by atoms with van der Waals surface area (Å²) in [7, 11) is -0.275. The van der Waals surface area contributed by atoms with E-state index in [-0.39, 0.29) is 8.69 Å². The van der Waals surface area contributed by atoms with Crippen LogP contribution in [0.1, 0.15) is 37.3 Å². The lowest BCUT2D eigenvalue weighted by atomic mass is 9.98. The fourth-order valence-corrected chi connectivity index (χ4v) is 2.15. The SMILES string of the molecule is NC(c1ccc(Cl)cc1)C(O)CCCCCOP=O. The minimum atomic E-state index is -0.570. The van der Waals surface area contributed by atoms with Crippen molar-refractivity contribution in [2.24, 2.45) is 5.73 Å². The highest BCUT2D eigenvalue weighted by Gasteiger charge is 2.16. The van der Waals surface area contributed by atoms with Crippen molar-refractivity contribution in [3.8, 4) is 0 Å². The average molecular weight is 304 g/mol. The highest BCUT2D eigenvalue weighted by Crippen LogP contribution is 2.20. The predicted octanol–water partition coefficient (Wildman–Crippen LogP) is 3.48. The molecule has 4 nitrogen and oxygen atoms in total. The molecule has 0 bridgehead atoms. The fraction of sp³-hybridized carbons (Fsp3) is 0.538. The molecule has 0 aliphatic heterocycles. The van der Waals surface area contributed by atoms with Crippen molar-refractivity contribution in [1.82, 2.24) is 0 Å². The van der Waals surface area contributed by atoms with Crippen molar-refractivity contribution < 1.29 is 14.2 Å². The number of nitrogens with two attached hydrogens (primary N) is 1. The summed E-state index contributed by atoms with van der Waals surface area (Å²) in [5.74, 6) is 0. The molecule has 0 saturated carbocycles. The van der Waals surface area contributed by atoms with Crippen LogP contribution in [0, 0.1) is 0 Å². The lowest BCUT2D eigenvalue weighted by molar-refractivity contribution is 0.131. The van der Waals surface area contributed by atoms with Crippen molar-refractivity contribution in [3.05, 3.63) is 34.9 Å². The third-order valence-electron chi connectivity index (χ3n) is 2.96. The van der Waals surface area contributed by atoms with Gasteiger partial charge in [-0.15, -0.1) is 0 Å². The Bertz CT molecular complexity index is 375. The van der Waals surface area contributed by atoms with E-state index in [0.717, 1.165) is 24.8 Å². The summed E-state index contributed by atoms with van der Waals surface area (Å²) in [4.78, 5) is 0. The largest absolute Gasteiger partial charge is 0.391 e. The van der Waals surface area contributed by atoms with Gasteiger partial charge in [-0.2, -0.15) is 0 Å². The van der Waals surface area contributed by atoms with Gasteiger partial charge in [-0.25, -0.2) is 4.57 Å². The van der Waals surface area contributed by atoms with Crippen molar-refractivity contribution in [1.29, 1.82) is 0 Å². The molecular formula is C13H19ClNO3P. The maximum absolute atomic E-state index is 10.0. The molecule has 2 unspecified atom stereocenters. The Kier molecular flexibility index (Phi) is 8.19. The first-order valence-corrected chi connectivity index (χ1v) is 7.39. The van der Waals surface area contributed by atoms with Crippen LogP contribution in [0.25, 0.3) is 0 Å². The molecule has 106 valence electrons. The van der Waals surface area contributed by atoms with Crippen LogP contribution in [0.3, 0.4) is 0 Å². The van der Waals surface area contributed by atoms with E-state index in [1.165, 1.54) is 0 Å². The standard InChI is InChI=1S/C13H19ClNO3P/c14-11-7-5-10(6-8-11)13(15)12(16)4-2-1-3-9-18-19-17/h5-8,12-13,16H,1-4,9,15H2. The molecule has 0 amide bonds. The topological polar surface area (TPSA) is 72.6 Å². The van der Waals surface area contributed by atoms with Gasteiger partial charge in [0, 0.05) is 5.02 Å². The zero-order valence-corrected chi connectivity index (χ0v) is 12.3. The molecule has 0 saturated heterocycles. The Morgan fingerprint density at radius 1 is 1.26 bits per heavy atom. The smallest absolute Gasteiger partial charge is 0.327 e. The molecule has 0 aliphatic rings. The van der Waals surface area contributed by atoms with Gasteiger partial charge in [-0.3, -0.25) is 4.52 Å². The van der Waals surface area contributed by atoms with E-state index in [4.69, 9.17) is 17.3 Å². The molecule has 0 radical (unpaired) electrons. The Morgan fingerprint density at radius 2 is 1.95 bits per heavy atom. The second-order valence-corrected chi connectivity index (χ2v) is 5.25. The van der Waals surface area contributed by atoms with Crippen LogP contribution in [-0.4, -0.2) is 17.8 Å². The third-order valence-corrected chi connectivity index (χ3v) is 3.50. The highest BCUT2D eigenvalue weighted by molar-refractivity contribution is 7.17. The molecule has 1 rings (SSSR count). The first-order chi connectivity index (χ1) is 9.15. The molecule has 19 heavy (non-hydrogen) atoms. The van der Waals surface area contributed by atoms with Gasteiger partial charge in [0.1, 0.15) is 0 Å². The minimum absolute atomic E-state index is 0.275. The molecule has 6 heteroatoms. The van der Waals surface area contributed by atoms with E-state index >= 15 is 0 Å². The van der Waals surface area contributed by atoms with Crippen LogP contribution in [-0.2, 0) is 9.09 Å². The quantitative estimate of drug-likeness (QED) is 0.541. The van der Waals surface area contributed by atoms with Gasteiger partial charge in [0.05, 0.1) is 18.8 Å². The summed E-state index contributed by atoms with van der Waals surface area (Å²) in [5, 5.41) is 10.7. The Labute approximate surface area is 120 Å². The van der Waals surface area contributed by atoms with Crippen LogP contribution in [0.4, 0.5) is 0 Å². The van der Waals surface area contributed by atoms with Crippen LogP contribution in [0.2, 0.25) is 5.02 Å². The summed E-state index contributed by atoms with van der Waals surface area (Å²) in [6.45, 7) is 0.477. The number of aliphatic hydroxyl groups excluding tert-OH is 1. The minimum Gasteiger partial charge on any atom is -0.391 e. The van der Waals surface area contributed by atoms with Gasteiger partial charge in [0.25, 0.3) is 0 Å². The molecular weight excluding hydrogens is 285 g/mol.